The van der Waals surface area contributed by atoms with E-state index < -0.39 is 10.8 Å². The highest BCUT2D eigenvalue weighted by atomic mass is 16.2. The summed E-state index contributed by atoms with van der Waals surface area (Å²) in [7, 11) is 0. The molecule has 0 N–H and O–H groups in total. The number of ketones is 3. The van der Waals surface area contributed by atoms with Crippen molar-refractivity contribution in [3.63, 3.8) is 0 Å². The van der Waals surface area contributed by atoms with E-state index >= 15 is 0 Å². The summed E-state index contributed by atoms with van der Waals surface area (Å²) >= 11 is 0. The molecule has 1 rings (SSSR count). The summed E-state index contributed by atoms with van der Waals surface area (Å²) in [6.45, 7) is 6.36. The number of hydrogen-bond donors (Lipinski definition) is 0. The van der Waals surface area contributed by atoms with E-state index in [-0.39, 0.29) is 23.8 Å². The molecule has 0 unspecified atom stereocenters. The fraction of sp³-hybridized carbons (Fsp3) is 0.700. The van der Waals surface area contributed by atoms with Crippen LogP contribution >= 0.6 is 0 Å². The topological polar surface area (TPSA) is 51.2 Å². The first-order valence-corrected chi connectivity index (χ1v) is 4.32. The van der Waals surface area contributed by atoms with E-state index in [1.807, 2.05) is 0 Å². The van der Waals surface area contributed by atoms with Crippen molar-refractivity contribution in [2.45, 2.75) is 34.1 Å². The number of carbonyl (C=O) groups is 3. The van der Waals surface area contributed by atoms with E-state index in [1.165, 1.54) is 0 Å². The van der Waals surface area contributed by atoms with Crippen molar-refractivity contribution in [2.24, 2.45) is 10.8 Å². The van der Waals surface area contributed by atoms with Gasteiger partial charge in [0.2, 0.25) is 0 Å². The molecule has 1 aliphatic carbocycles. The van der Waals surface area contributed by atoms with Crippen LogP contribution in [0, 0.1) is 10.8 Å². The van der Waals surface area contributed by atoms with Gasteiger partial charge in [-0.05, 0) is 27.7 Å². The van der Waals surface area contributed by atoms with Crippen LogP contribution in [-0.2, 0) is 14.4 Å². The molecule has 0 aromatic rings. The molecule has 72 valence electrons. The Labute approximate surface area is 77.5 Å². The molecular formula is C10H14O3. The lowest BCUT2D eigenvalue weighted by atomic mass is 9.67. The average Bonchev–Trinajstić information content (AvgIpc) is 2.00. The summed E-state index contributed by atoms with van der Waals surface area (Å²) in [5.41, 5.74) is -1.98. The van der Waals surface area contributed by atoms with E-state index in [4.69, 9.17) is 0 Å². The van der Waals surface area contributed by atoms with Crippen LogP contribution in [0.1, 0.15) is 34.1 Å². The zero-order valence-electron chi connectivity index (χ0n) is 8.43. The first kappa shape index (κ1) is 10.1. The number of hydrogen-bond acceptors (Lipinski definition) is 3. The van der Waals surface area contributed by atoms with Crippen LogP contribution in [0.5, 0.6) is 0 Å². The van der Waals surface area contributed by atoms with Crippen LogP contribution in [0.2, 0.25) is 0 Å². The molecule has 0 saturated heterocycles. The molecule has 0 radical (unpaired) electrons. The lowest BCUT2D eigenvalue weighted by molar-refractivity contribution is -0.155. The van der Waals surface area contributed by atoms with Crippen molar-refractivity contribution in [2.75, 3.05) is 0 Å². The quantitative estimate of drug-likeness (QED) is 0.418. The molecule has 0 spiro atoms. The van der Waals surface area contributed by atoms with Gasteiger partial charge in [-0.25, -0.2) is 0 Å². The second kappa shape index (κ2) is 2.50. The molecule has 1 saturated carbocycles. The molecule has 0 aromatic carbocycles. The maximum Gasteiger partial charge on any atom is 0.158 e. The van der Waals surface area contributed by atoms with E-state index in [9.17, 15) is 14.4 Å². The van der Waals surface area contributed by atoms with Crippen molar-refractivity contribution in [1.29, 1.82) is 0 Å². The standard InChI is InChI=1S/C10H14O3/c1-9(2)6(11)5-7(12)10(3,4)8(9)13/h5H2,1-4H3/i5+1. The maximum atomic E-state index is 11.7. The SMILES string of the molecule is CC1(C)C(=O)[13CH2]C(=O)C(C)(C)C1=O. The Bertz CT molecular complexity index is 269. The monoisotopic (exact) mass is 183 g/mol. The third kappa shape index (κ3) is 1.23. The zero-order valence-corrected chi connectivity index (χ0v) is 8.43. The molecule has 0 atom stereocenters. The van der Waals surface area contributed by atoms with Crippen molar-refractivity contribution in [3.8, 4) is 0 Å². The Morgan fingerprint density at radius 2 is 1.15 bits per heavy atom. The number of carbonyl (C=O) groups excluding carboxylic acids is 3. The Morgan fingerprint density at radius 3 is 1.46 bits per heavy atom. The Hall–Kier alpha value is -0.990. The van der Waals surface area contributed by atoms with Gasteiger partial charge in [0.25, 0.3) is 0 Å². The predicted molar refractivity (Wildman–Crippen MR) is 47.2 cm³/mol. The van der Waals surface area contributed by atoms with Crippen LogP contribution in [0.3, 0.4) is 0 Å². The molecule has 0 amide bonds. The van der Waals surface area contributed by atoms with Gasteiger partial charge in [0.1, 0.15) is 0 Å². The molecule has 13 heavy (non-hydrogen) atoms. The third-order valence-electron chi connectivity index (χ3n) is 2.85. The summed E-state index contributed by atoms with van der Waals surface area (Å²) < 4.78 is 0. The smallest absolute Gasteiger partial charge is 0.158 e. The van der Waals surface area contributed by atoms with Gasteiger partial charge in [-0.1, -0.05) is 0 Å². The summed E-state index contributed by atoms with van der Waals surface area (Å²) in [5, 5.41) is 0. The highest BCUT2D eigenvalue weighted by Crippen LogP contribution is 2.37. The largest absolute Gasteiger partial charge is 0.298 e. The Morgan fingerprint density at radius 1 is 0.846 bits per heavy atom. The van der Waals surface area contributed by atoms with Crippen LogP contribution in [0.15, 0.2) is 0 Å². The Kier molecular flexibility index (Phi) is 1.94. The van der Waals surface area contributed by atoms with Gasteiger partial charge in [0, 0.05) is 0 Å². The average molecular weight is 183 g/mol. The first-order valence-electron chi connectivity index (χ1n) is 4.32. The molecular weight excluding hydrogens is 169 g/mol. The molecule has 0 heterocycles. The lowest BCUT2D eigenvalue weighted by Gasteiger charge is -2.35. The minimum atomic E-state index is -0.989. The molecule has 0 aliphatic heterocycles. The van der Waals surface area contributed by atoms with Gasteiger partial charge >= 0.3 is 0 Å². The second-order valence-corrected chi connectivity index (χ2v) is 4.60. The van der Waals surface area contributed by atoms with Gasteiger partial charge in [0.05, 0.1) is 17.3 Å². The van der Waals surface area contributed by atoms with Crippen molar-refractivity contribution in [1.82, 2.24) is 0 Å². The highest BCUT2D eigenvalue weighted by molar-refractivity contribution is 6.26. The van der Waals surface area contributed by atoms with Crippen molar-refractivity contribution < 1.29 is 14.4 Å². The minimum Gasteiger partial charge on any atom is -0.298 e. The predicted octanol–water partition coefficient (Wildman–Crippen LogP) is 1.15. The minimum absolute atomic E-state index is 0.105. The summed E-state index contributed by atoms with van der Waals surface area (Å²) in [4.78, 5) is 34.5. The highest BCUT2D eigenvalue weighted by Gasteiger charge is 2.52. The van der Waals surface area contributed by atoms with Crippen LogP contribution < -0.4 is 0 Å². The van der Waals surface area contributed by atoms with Gasteiger partial charge in [-0.3, -0.25) is 14.4 Å². The van der Waals surface area contributed by atoms with Crippen LogP contribution in [0.4, 0.5) is 0 Å². The normalized spacial score (nSPS) is 26.3. The van der Waals surface area contributed by atoms with Gasteiger partial charge in [-0.15, -0.1) is 0 Å². The van der Waals surface area contributed by atoms with Crippen LogP contribution in [0.25, 0.3) is 0 Å². The van der Waals surface area contributed by atoms with E-state index in [0.29, 0.717) is 0 Å². The summed E-state index contributed by atoms with van der Waals surface area (Å²) in [6, 6.07) is 0. The number of rotatable bonds is 0. The molecule has 0 aromatic heterocycles. The number of Topliss-reactive ketones (excluding diaryl/α,β-unsaturated/α-hetero) is 3. The molecule has 3 heteroatoms. The van der Waals surface area contributed by atoms with E-state index in [2.05, 4.69) is 0 Å². The summed E-state index contributed by atoms with van der Waals surface area (Å²) in [6.07, 6.45) is -0.105. The fourth-order valence-electron chi connectivity index (χ4n) is 1.62. The maximum absolute atomic E-state index is 11.7. The molecule has 3 nitrogen and oxygen atoms in total. The molecule has 0 bridgehead atoms. The van der Waals surface area contributed by atoms with Crippen LogP contribution in [-0.4, -0.2) is 17.3 Å². The van der Waals surface area contributed by atoms with Gasteiger partial charge < -0.3 is 0 Å². The zero-order chi connectivity index (χ0) is 10.4. The second-order valence-electron chi connectivity index (χ2n) is 4.60. The molecule has 1 fully saturated rings. The fourth-order valence-corrected chi connectivity index (χ4v) is 1.62. The van der Waals surface area contributed by atoms with Gasteiger partial charge in [-0.2, -0.15) is 0 Å². The lowest BCUT2D eigenvalue weighted by Crippen LogP contribution is -2.52. The first-order chi connectivity index (χ1) is 5.70. The Balaban J connectivity index is 3.19. The van der Waals surface area contributed by atoms with Crippen molar-refractivity contribution in [3.05, 3.63) is 0 Å². The molecule has 1 aliphatic rings. The van der Waals surface area contributed by atoms with Gasteiger partial charge in [0.15, 0.2) is 17.3 Å². The van der Waals surface area contributed by atoms with E-state index in [1.54, 1.807) is 27.7 Å². The third-order valence-corrected chi connectivity index (χ3v) is 2.85. The summed E-state index contributed by atoms with van der Waals surface area (Å²) in [5.74, 6) is -0.787. The van der Waals surface area contributed by atoms with Crippen molar-refractivity contribution >= 4 is 17.3 Å². The van der Waals surface area contributed by atoms with E-state index in [0.717, 1.165) is 0 Å².